The Morgan fingerprint density at radius 1 is 0.950 bits per heavy atom. The zero-order valence-electron chi connectivity index (χ0n) is 10.9. The van der Waals surface area contributed by atoms with Crippen molar-refractivity contribution in [3.8, 4) is 0 Å². The van der Waals surface area contributed by atoms with Gasteiger partial charge in [-0.05, 0) is 11.1 Å². The molecule has 0 saturated carbocycles. The first-order valence-corrected chi connectivity index (χ1v) is 7.43. The highest BCUT2D eigenvalue weighted by atomic mass is 32.2. The van der Waals surface area contributed by atoms with Gasteiger partial charge in [-0.15, -0.1) is 0 Å². The van der Waals surface area contributed by atoms with Crippen molar-refractivity contribution in [2.45, 2.75) is 4.87 Å². The van der Waals surface area contributed by atoms with E-state index in [1.807, 2.05) is 36.4 Å². The summed E-state index contributed by atoms with van der Waals surface area (Å²) in [7, 11) is -1.65. The molecule has 4 N–H and O–H groups in total. The highest BCUT2D eigenvalue weighted by Crippen LogP contribution is 2.30. The quantitative estimate of drug-likeness (QED) is 0.863. The van der Waals surface area contributed by atoms with E-state index < -0.39 is 21.6 Å². The Kier molecular flexibility index (Phi) is 4.32. The van der Waals surface area contributed by atoms with Crippen LogP contribution in [0.2, 0.25) is 0 Å². The Hall–Kier alpha value is -1.98. The van der Waals surface area contributed by atoms with Crippen LogP contribution in [0.1, 0.15) is 11.1 Å². The summed E-state index contributed by atoms with van der Waals surface area (Å²) in [6.07, 6.45) is 0. The Labute approximate surface area is 120 Å². The molecule has 5 heteroatoms. The number of amides is 1. The fourth-order valence-electron chi connectivity index (χ4n) is 2.04. The number of rotatable bonds is 5. The first-order chi connectivity index (χ1) is 9.55. The van der Waals surface area contributed by atoms with Crippen molar-refractivity contribution in [1.29, 1.82) is 0 Å². The first kappa shape index (κ1) is 14.4. The van der Waals surface area contributed by atoms with Gasteiger partial charge in [0.2, 0.25) is 5.91 Å². The maximum atomic E-state index is 12.6. The second-order valence-electron chi connectivity index (χ2n) is 4.42. The van der Waals surface area contributed by atoms with E-state index in [1.54, 1.807) is 24.3 Å². The zero-order chi connectivity index (χ0) is 14.6. The normalized spacial score (nSPS) is 12.8. The van der Waals surface area contributed by atoms with Gasteiger partial charge in [0, 0.05) is 0 Å². The first-order valence-electron chi connectivity index (χ1n) is 6.12. The van der Waals surface area contributed by atoms with Crippen LogP contribution in [0, 0.1) is 0 Å². The van der Waals surface area contributed by atoms with Crippen LogP contribution >= 0.6 is 0 Å². The Morgan fingerprint density at radius 2 is 1.35 bits per heavy atom. The number of hydrogen-bond acceptors (Lipinski definition) is 3. The van der Waals surface area contributed by atoms with Gasteiger partial charge in [-0.2, -0.15) is 0 Å². The molecule has 2 rings (SSSR count). The highest BCUT2D eigenvalue weighted by molar-refractivity contribution is 7.86. The average Bonchev–Trinajstić information content (AvgIpc) is 2.47. The molecule has 104 valence electrons. The molecule has 1 unspecified atom stereocenters. The van der Waals surface area contributed by atoms with Gasteiger partial charge in [0.1, 0.15) is 10.6 Å². The minimum Gasteiger partial charge on any atom is -0.369 e. The standard InChI is InChI=1S/C15H16N2O2S/c16-14(18)11-20(19)15(17,12-7-3-1-4-8-12)13-9-5-2-6-10-13/h1-10H,11,17H2,(H2,16,18). The van der Waals surface area contributed by atoms with Crippen LogP contribution in [-0.2, 0) is 20.5 Å². The van der Waals surface area contributed by atoms with Crippen molar-refractivity contribution >= 4 is 16.7 Å². The molecule has 4 nitrogen and oxygen atoms in total. The number of carbonyl (C=O) groups is 1. The summed E-state index contributed by atoms with van der Waals surface area (Å²) in [5, 5.41) is 0. The Morgan fingerprint density at radius 3 is 1.70 bits per heavy atom. The maximum absolute atomic E-state index is 12.6. The van der Waals surface area contributed by atoms with Gasteiger partial charge >= 0.3 is 0 Å². The molecule has 20 heavy (non-hydrogen) atoms. The third-order valence-corrected chi connectivity index (χ3v) is 4.77. The van der Waals surface area contributed by atoms with Gasteiger partial charge < -0.3 is 11.5 Å². The predicted octanol–water partition coefficient (Wildman–Crippen LogP) is 1.08. The molecule has 0 heterocycles. The number of hydrogen-bond donors (Lipinski definition) is 2. The summed E-state index contributed by atoms with van der Waals surface area (Å²) < 4.78 is 12.6. The minimum atomic E-state index is -1.65. The van der Waals surface area contributed by atoms with Crippen LogP contribution < -0.4 is 11.5 Å². The van der Waals surface area contributed by atoms with E-state index >= 15 is 0 Å². The summed E-state index contributed by atoms with van der Waals surface area (Å²) in [5.74, 6) is -0.912. The van der Waals surface area contributed by atoms with Gasteiger partial charge in [-0.3, -0.25) is 9.00 Å². The second kappa shape index (κ2) is 5.98. The number of nitrogens with two attached hydrogens (primary N) is 2. The van der Waals surface area contributed by atoms with Crippen molar-refractivity contribution in [2.24, 2.45) is 11.5 Å². The van der Waals surface area contributed by atoms with E-state index in [0.29, 0.717) is 11.1 Å². The molecule has 0 aromatic heterocycles. The lowest BCUT2D eigenvalue weighted by molar-refractivity contribution is -0.115. The number of primary amides is 1. The average molecular weight is 288 g/mol. The molecular weight excluding hydrogens is 272 g/mol. The van der Waals surface area contributed by atoms with E-state index in [1.165, 1.54) is 0 Å². The predicted molar refractivity (Wildman–Crippen MR) is 80.1 cm³/mol. The lowest BCUT2D eigenvalue weighted by Gasteiger charge is -2.29. The van der Waals surface area contributed by atoms with E-state index in [0.717, 1.165) is 0 Å². The molecule has 1 atom stereocenters. The summed E-state index contributed by atoms with van der Waals surface area (Å²) in [5.41, 5.74) is 13.0. The summed E-state index contributed by atoms with van der Waals surface area (Å²) in [6, 6.07) is 18.2. The fraction of sp³-hybridized carbons (Fsp3) is 0.133. The SMILES string of the molecule is NC(=O)CS(=O)C(N)(c1ccccc1)c1ccccc1. The Bertz CT molecular complexity index is 575. The van der Waals surface area contributed by atoms with E-state index in [2.05, 4.69) is 0 Å². The maximum Gasteiger partial charge on any atom is 0.230 e. The summed E-state index contributed by atoms with van der Waals surface area (Å²) >= 11 is 0. The molecule has 0 aliphatic rings. The van der Waals surface area contributed by atoms with Gasteiger partial charge in [-0.1, -0.05) is 60.7 Å². The molecule has 1 amide bonds. The van der Waals surface area contributed by atoms with Crippen LogP contribution in [-0.4, -0.2) is 15.9 Å². The van der Waals surface area contributed by atoms with Crippen LogP contribution in [0.3, 0.4) is 0 Å². The van der Waals surface area contributed by atoms with Crippen LogP contribution in [0.5, 0.6) is 0 Å². The Balaban J connectivity index is 2.55. The van der Waals surface area contributed by atoms with Gasteiger partial charge in [0.05, 0.1) is 10.8 Å². The smallest absolute Gasteiger partial charge is 0.230 e. The highest BCUT2D eigenvalue weighted by Gasteiger charge is 2.36. The number of carbonyl (C=O) groups excluding carboxylic acids is 1. The van der Waals surface area contributed by atoms with Crippen molar-refractivity contribution in [3.05, 3.63) is 71.8 Å². The van der Waals surface area contributed by atoms with Crippen molar-refractivity contribution in [2.75, 3.05) is 5.75 Å². The zero-order valence-corrected chi connectivity index (χ0v) is 11.7. The molecule has 0 spiro atoms. The van der Waals surface area contributed by atoms with Gasteiger partial charge in [-0.25, -0.2) is 0 Å². The lowest BCUT2D eigenvalue weighted by atomic mass is 9.99. The third kappa shape index (κ3) is 2.79. The van der Waals surface area contributed by atoms with Crippen molar-refractivity contribution in [1.82, 2.24) is 0 Å². The van der Waals surface area contributed by atoms with Crippen LogP contribution in [0.25, 0.3) is 0 Å². The van der Waals surface area contributed by atoms with Gasteiger partial charge in [0.25, 0.3) is 0 Å². The molecular formula is C15H16N2O2S. The second-order valence-corrected chi connectivity index (χ2v) is 6.05. The third-order valence-electron chi connectivity index (χ3n) is 3.04. The molecule has 0 aliphatic heterocycles. The molecule has 0 aliphatic carbocycles. The lowest BCUT2D eigenvalue weighted by Crippen LogP contribution is -2.45. The van der Waals surface area contributed by atoms with E-state index in [4.69, 9.17) is 11.5 Å². The van der Waals surface area contributed by atoms with E-state index in [9.17, 15) is 9.00 Å². The van der Waals surface area contributed by atoms with Crippen LogP contribution in [0.15, 0.2) is 60.7 Å². The monoisotopic (exact) mass is 288 g/mol. The van der Waals surface area contributed by atoms with E-state index in [-0.39, 0.29) is 5.75 Å². The molecule has 0 fully saturated rings. The van der Waals surface area contributed by atoms with Crippen molar-refractivity contribution in [3.63, 3.8) is 0 Å². The molecule has 2 aromatic carbocycles. The molecule has 0 saturated heterocycles. The molecule has 2 aromatic rings. The minimum absolute atomic E-state index is 0.277. The molecule has 0 radical (unpaired) electrons. The van der Waals surface area contributed by atoms with Gasteiger partial charge in [0.15, 0.2) is 0 Å². The van der Waals surface area contributed by atoms with Crippen LogP contribution in [0.4, 0.5) is 0 Å². The summed E-state index contributed by atoms with van der Waals surface area (Å²) in [6.45, 7) is 0. The molecule has 0 bridgehead atoms. The number of benzene rings is 2. The topological polar surface area (TPSA) is 86.2 Å². The van der Waals surface area contributed by atoms with Crippen molar-refractivity contribution < 1.29 is 9.00 Å². The summed E-state index contributed by atoms with van der Waals surface area (Å²) in [4.78, 5) is 9.84. The fourth-order valence-corrected chi connectivity index (χ4v) is 3.33. The largest absolute Gasteiger partial charge is 0.369 e.